The molecule has 0 amide bonds. The van der Waals surface area contributed by atoms with Crippen molar-refractivity contribution in [3.63, 3.8) is 0 Å². The van der Waals surface area contributed by atoms with Gasteiger partial charge in [-0.15, -0.1) is 0 Å². The van der Waals surface area contributed by atoms with Gasteiger partial charge in [-0.2, -0.15) is 5.26 Å². The zero-order chi connectivity index (χ0) is 13.6. The second-order valence-corrected chi connectivity index (χ2v) is 4.99. The lowest BCUT2D eigenvalue weighted by Crippen LogP contribution is -1.79. The van der Waals surface area contributed by atoms with Gasteiger partial charge in [0.25, 0.3) is 0 Å². The Balaban J connectivity index is 2.34. The third-order valence-electron chi connectivity index (χ3n) is 2.77. The first-order chi connectivity index (χ1) is 9.13. The Morgan fingerprint density at radius 3 is 2.53 bits per heavy atom. The number of H-pyrrole nitrogens is 1. The number of hydrogen-bond donors (Lipinski definition) is 1. The number of nitrogens with zero attached hydrogens (tertiary/aromatic N) is 1. The summed E-state index contributed by atoms with van der Waals surface area (Å²) in [4.78, 5) is 2.81. The largest absolute Gasteiger partial charge is 0.453 e. The normalized spacial score (nSPS) is 10.8. The Morgan fingerprint density at radius 1 is 1.11 bits per heavy atom. The number of para-hydroxylation sites is 1. The van der Waals surface area contributed by atoms with Crippen LogP contribution in [0.25, 0.3) is 22.4 Å². The minimum Gasteiger partial charge on any atom is -0.453 e. The van der Waals surface area contributed by atoms with Crippen LogP contribution in [-0.4, -0.2) is 4.98 Å². The van der Waals surface area contributed by atoms with E-state index in [1.807, 2.05) is 24.3 Å². The van der Waals surface area contributed by atoms with Crippen LogP contribution in [0.5, 0.6) is 0 Å². The smallest absolute Gasteiger partial charge is 0.171 e. The second-order valence-electron chi connectivity index (χ2n) is 3.86. The topological polar surface area (TPSA) is 52.7 Å². The van der Waals surface area contributed by atoms with Gasteiger partial charge in [-0.3, -0.25) is 0 Å². The van der Waals surface area contributed by atoms with E-state index in [0.717, 1.165) is 5.39 Å². The summed E-state index contributed by atoms with van der Waals surface area (Å²) in [6.07, 6.45) is 0. The molecule has 3 nitrogen and oxygen atoms in total. The first kappa shape index (κ1) is 12.4. The van der Waals surface area contributed by atoms with E-state index < -0.39 is 0 Å². The third kappa shape index (κ3) is 1.81. The molecule has 0 unspecified atom stereocenters. The molecule has 0 bridgehead atoms. The lowest BCUT2D eigenvalue weighted by molar-refractivity contribution is 0.629. The van der Waals surface area contributed by atoms with E-state index in [-0.39, 0.29) is 15.7 Å². The van der Waals surface area contributed by atoms with Gasteiger partial charge in [0, 0.05) is 5.39 Å². The summed E-state index contributed by atoms with van der Waals surface area (Å²) in [5.41, 5.74) is 1.24. The van der Waals surface area contributed by atoms with Gasteiger partial charge in [0.15, 0.2) is 5.76 Å². The van der Waals surface area contributed by atoms with Crippen molar-refractivity contribution in [3.05, 3.63) is 45.0 Å². The predicted molar refractivity (Wildman–Crippen MR) is 75.7 cm³/mol. The summed E-state index contributed by atoms with van der Waals surface area (Å²) in [6, 6.07) is 9.31. The molecule has 6 heteroatoms. The minimum atomic E-state index is 0.163. The highest BCUT2D eigenvalue weighted by Gasteiger charge is 2.22. The molecule has 2 aromatic heterocycles. The first-order valence-electron chi connectivity index (χ1n) is 5.28. The highest BCUT2D eigenvalue weighted by atomic mass is 35.5. The Labute approximate surface area is 123 Å². The molecule has 19 heavy (non-hydrogen) atoms. The van der Waals surface area contributed by atoms with E-state index in [0.29, 0.717) is 22.1 Å². The van der Waals surface area contributed by atoms with Crippen LogP contribution in [0.1, 0.15) is 5.56 Å². The zero-order valence-corrected chi connectivity index (χ0v) is 11.6. The monoisotopic (exact) mass is 310 g/mol. The molecule has 2 heterocycles. The quantitative estimate of drug-likeness (QED) is 0.666. The van der Waals surface area contributed by atoms with E-state index in [2.05, 4.69) is 4.98 Å². The number of hydrogen-bond acceptors (Lipinski definition) is 2. The molecule has 3 rings (SSSR count). The van der Waals surface area contributed by atoms with Crippen molar-refractivity contribution >= 4 is 45.8 Å². The van der Waals surface area contributed by atoms with Crippen LogP contribution in [0.15, 0.2) is 28.7 Å². The molecule has 1 N–H and O–H groups in total. The summed E-state index contributed by atoms with van der Waals surface area (Å²) in [5.74, 6) is 0.355. The Hall–Kier alpha value is -1.60. The third-order valence-corrected chi connectivity index (χ3v) is 3.90. The maximum Gasteiger partial charge on any atom is 0.171 e. The maximum absolute atomic E-state index is 9.14. The molecule has 0 aliphatic carbocycles. The standard InChI is InChI=1S/C13H5Cl3N2O/c14-9-6-3-1-2-4-8(6)19-12(9)11-7(5-17)10(15)13(16)18-11/h1-4,18H. The number of halogens is 3. The molecule has 3 aromatic rings. The molecular formula is C13H5Cl3N2O. The molecule has 0 aliphatic heterocycles. The first-order valence-corrected chi connectivity index (χ1v) is 6.41. The molecule has 1 aromatic carbocycles. The Kier molecular flexibility index (Phi) is 2.94. The predicted octanol–water partition coefficient (Wildman–Crippen LogP) is 5.26. The van der Waals surface area contributed by atoms with Crippen molar-refractivity contribution in [3.8, 4) is 17.5 Å². The van der Waals surface area contributed by atoms with Crippen LogP contribution < -0.4 is 0 Å². The number of aromatic amines is 1. The Bertz CT molecular complexity index is 826. The summed E-state index contributed by atoms with van der Waals surface area (Å²) in [7, 11) is 0. The van der Waals surface area contributed by atoms with E-state index in [9.17, 15) is 0 Å². The van der Waals surface area contributed by atoms with Gasteiger partial charge in [0.05, 0.1) is 10.0 Å². The highest BCUT2D eigenvalue weighted by Crippen LogP contribution is 2.41. The van der Waals surface area contributed by atoms with Crippen LogP contribution in [0.2, 0.25) is 15.2 Å². The van der Waals surface area contributed by atoms with Crippen molar-refractivity contribution in [2.45, 2.75) is 0 Å². The van der Waals surface area contributed by atoms with Crippen LogP contribution in [0, 0.1) is 11.3 Å². The van der Waals surface area contributed by atoms with Gasteiger partial charge in [0.2, 0.25) is 0 Å². The molecule has 0 saturated carbocycles. The lowest BCUT2D eigenvalue weighted by atomic mass is 10.2. The average Bonchev–Trinajstić information content (AvgIpc) is 2.89. The van der Waals surface area contributed by atoms with E-state index >= 15 is 0 Å². The molecule has 0 radical (unpaired) electrons. The minimum absolute atomic E-state index is 0.163. The van der Waals surface area contributed by atoms with Crippen LogP contribution in [0.4, 0.5) is 0 Å². The molecule has 94 valence electrons. The van der Waals surface area contributed by atoms with Crippen molar-refractivity contribution in [1.82, 2.24) is 4.98 Å². The van der Waals surface area contributed by atoms with Crippen LogP contribution >= 0.6 is 34.8 Å². The van der Waals surface area contributed by atoms with Crippen molar-refractivity contribution in [2.24, 2.45) is 0 Å². The molecule has 0 fully saturated rings. The fourth-order valence-electron chi connectivity index (χ4n) is 1.90. The van der Waals surface area contributed by atoms with E-state index in [1.54, 1.807) is 6.07 Å². The number of nitriles is 1. The number of rotatable bonds is 1. The fourth-order valence-corrected chi connectivity index (χ4v) is 2.56. The summed E-state index contributed by atoms with van der Waals surface area (Å²) in [5, 5.41) is 10.7. The molecule has 0 aliphatic rings. The lowest BCUT2D eigenvalue weighted by Gasteiger charge is -1.94. The van der Waals surface area contributed by atoms with E-state index in [1.165, 1.54) is 0 Å². The maximum atomic E-state index is 9.14. The van der Waals surface area contributed by atoms with Gasteiger partial charge in [0.1, 0.15) is 28.1 Å². The average molecular weight is 312 g/mol. The number of fused-ring (bicyclic) bond motifs is 1. The molecule has 0 atom stereocenters. The SMILES string of the molecule is N#Cc1c(-c2oc3ccccc3c2Cl)[nH]c(Cl)c1Cl. The summed E-state index contributed by atoms with van der Waals surface area (Å²) < 4.78 is 5.66. The highest BCUT2D eigenvalue weighted by molar-refractivity contribution is 6.43. The second kappa shape index (κ2) is 4.50. The zero-order valence-electron chi connectivity index (χ0n) is 9.30. The van der Waals surface area contributed by atoms with Gasteiger partial charge in [-0.1, -0.05) is 46.9 Å². The van der Waals surface area contributed by atoms with Crippen molar-refractivity contribution in [2.75, 3.05) is 0 Å². The number of nitrogens with one attached hydrogen (secondary N) is 1. The summed E-state index contributed by atoms with van der Waals surface area (Å²) >= 11 is 18.1. The van der Waals surface area contributed by atoms with Crippen LogP contribution in [0.3, 0.4) is 0 Å². The molecule has 0 saturated heterocycles. The molecule has 0 spiro atoms. The van der Waals surface area contributed by atoms with Gasteiger partial charge >= 0.3 is 0 Å². The fraction of sp³-hybridized carbons (Fsp3) is 0. The van der Waals surface area contributed by atoms with Crippen molar-refractivity contribution in [1.29, 1.82) is 5.26 Å². The summed E-state index contributed by atoms with van der Waals surface area (Å²) in [6.45, 7) is 0. The van der Waals surface area contributed by atoms with Gasteiger partial charge < -0.3 is 9.40 Å². The number of aromatic nitrogens is 1. The van der Waals surface area contributed by atoms with Gasteiger partial charge in [-0.25, -0.2) is 0 Å². The Morgan fingerprint density at radius 2 is 1.84 bits per heavy atom. The van der Waals surface area contributed by atoms with Crippen LogP contribution in [-0.2, 0) is 0 Å². The molecular weight excluding hydrogens is 307 g/mol. The van der Waals surface area contributed by atoms with E-state index in [4.69, 9.17) is 44.5 Å². The van der Waals surface area contributed by atoms with Crippen molar-refractivity contribution < 1.29 is 4.42 Å². The van der Waals surface area contributed by atoms with Gasteiger partial charge in [-0.05, 0) is 12.1 Å². The number of furan rings is 1. The number of benzene rings is 1.